The number of hydrogen-bond donors (Lipinski definition) is 5. The summed E-state index contributed by atoms with van der Waals surface area (Å²) in [7, 11) is 0. The number of anilines is 5. The molecule has 8 rings (SSSR count). The van der Waals surface area contributed by atoms with Crippen molar-refractivity contribution in [1.29, 1.82) is 0 Å². The molecule has 0 aliphatic rings. The molecule has 0 unspecified atom stereocenters. The number of nitrogen functional groups attached to an aromatic ring is 5. The third-order valence-corrected chi connectivity index (χ3v) is 9.01. The lowest BCUT2D eigenvalue weighted by Crippen LogP contribution is -2.01. The topological polar surface area (TPSA) is 130 Å². The maximum atomic E-state index is 6.40. The highest BCUT2D eigenvalue weighted by Gasteiger charge is 2.20. The Morgan fingerprint density at radius 2 is 0.844 bits per heavy atom. The fraction of sp³-hybridized carbons (Fsp3) is 0. The van der Waals surface area contributed by atoms with E-state index in [9.17, 15) is 0 Å². The highest BCUT2D eigenvalue weighted by atomic mass is 14.7. The summed E-state index contributed by atoms with van der Waals surface area (Å²) in [4.78, 5) is 0. The van der Waals surface area contributed by atoms with E-state index in [1.807, 2.05) is 30.3 Å². The Balaban J connectivity index is 1.57. The lowest BCUT2D eigenvalue weighted by molar-refractivity contribution is 1.61. The molecule has 0 spiro atoms. The van der Waals surface area contributed by atoms with Gasteiger partial charge in [-0.05, 0) is 113 Å². The number of nitrogens with two attached hydrogens (primary N) is 5. The van der Waals surface area contributed by atoms with Crippen LogP contribution in [-0.2, 0) is 0 Å². The van der Waals surface area contributed by atoms with E-state index in [1.165, 1.54) is 32.7 Å². The van der Waals surface area contributed by atoms with Gasteiger partial charge in [-0.1, -0.05) is 91.0 Å². The molecular formula is C40H31N5. The van der Waals surface area contributed by atoms with Crippen molar-refractivity contribution in [2.24, 2.45) is 0 Å². The predicted molar refractivity (Wildman–Crippen MR) is 195 cm³/mol. The van der Waals surface area contributed by atoms with Crippen LogP contribution in [-0.4, -0.2) is 0 Å². The molecule has 8 aromatic carbocycles. The number of benzene rings is 8. The van der Waals surface area contributed by atoms with Crippen molar-refractivity contribution in [2.45, 2.75) is 0 Å². The summed E-state index contributed by atoms with van der Waals surface area (Å²) in [5.74, 6) is 0. The molecule has 0 aliphatic heterocycles. The third kappa shape index (κ3) is 4.09. The normalized spacial score (nSPS) is 11.6. The summed E-state index contributed by atoms with van der Waals surface area (Å²) in [6.07, 6.45) is 0. The molecule has 0 fully saturated rings. The van der Waals surface area contributed by atoms with Crippen molar-refractivity contribution in [1.82, 2.24) is 0 Å². The molecule has 216 valence electrons. The molecule has 45 heavy (non-hydrogen) atoms. The Morgan fingerprint density at radius 3 is 1.56 bits per heavy atom. The van der Waals surface area contributed by atoms with Crippen LogP contribution in [0.5, 0.6) is 0 Å². The summed E-state index contributed by atoms with van der Waals surface area (Å²) in [6.45, 7) is 0. The van der Waals surface area contributed by atoms with Gasteiger partial charge in [-0.15, -0.1) is 0 Å². The first-order chi connectivity index (χ1) is 21.9. The van der Waals surface area contributed by atoms with E-state index >= 15 is 0 Å². The molecule has 0 heterocycles. The second-order valence-electron chi connectivity index (χ2n) is 11.7. The monoisotopic (exact) mass is 581 g/mol. The quantitative estimate of drug-likeness (QED) is 0.0806. The highest BCUT2D eigenvalue weighted by Crippen LogP contribution is 2.48. The summed E-state index contributed by atoms with van der Waals surface area (Å²) < 4.78 is 0. The van der Waals surface area contributed by atoms with Gasteiger partial charge in [-0.2, -0.15) is 0 Å². The van der Waals surface area contributed by atoms with Gasteiger partial charge in [0.25, 0.3) is 0 Å². The van der Waals surface area contributed by atoms with Crippen LogP contribution in [0.15, 0.2) is 127 Å². The predicted octanol–water partition coefficient (Wildman–Crippen LogP) is 9.21. The van der Waals surface area contributed by atoms with Crippen molar-refractivity contribution >= 4 is 71.5 Å². The minimum atomic E-state index is 0.393. The lowest BCUT2D eigenvalue weighted by atomic mass is 9.83. The zero-order valence-electron chi connectivity index (χ0n) is 24.5. The van der Waals surface area contributed by atoms with Crippen LogP contribution in [0.1, 0.15) is 0 Å². The Hall–Kier alpha value is -6.20. The average Bonchev–Trinajstić information content (AvgIpc) is 3.06. The van der Waals surface area contributed by atoms with E-state index in [1.54, 1.807) is 0 Å². The van der Waals surface area contributed by atoms with Crippen LogP contribution in [0.2, 0.25) is 0 Å². The molecular weight excluding hydrogens is 550 g/mol. The van der Waals surface area contributed by atoms with Gasteiger partial charge in [-0.25, -0.2) is 0 Å². The minimum absolute atomic E-state index is 0.393. The van der Waals surface area contributed by atoms with Gasteiger partial charge in [0, 0.05) is 0 Å². The molecule has 0 saturated heterocycles. The highest BCUT2D eigenvalue weighted by molar-refractivity contribution is 6.26. The fourth-order valence-corrected chi connectivity index (χ4v) is 6.82. The van der Waals surface area contributed by atoms with Crippen molar-refractivity contribution < 1.29 is 0 Å². The SMILES string of the molecule is Nc1ccc(-c2ccc3c(-c4cc5ccccc5c5ccccc45)c4ccccc4c(-c4cc(N)c(N)c(N)c4)c3c2)cc1N. The zero-order valence-corrected chi connectivity index (χ0v) is 24.5. The first kappa shape index (κ1) is 26.4. The summed E-state index contributed by atoms with van der Waals surface area (Å²) in [5, 5.41) is 9.27. The molecule has 0 amide bonds. The maximum absolute atomic E-state index is 6.40. The number of rotatable bonds is 3. The van der Waals surface area contributed by atoms with Crippen molar-refractivity contribution in [3.05, 3.63) is 127 Å². The molecule has 0 saturated carbocycles. The molecule has 10 N–H and O–H groups in total. The van der Waals surface area contributed by atoms with Crippen LogP contribution in [0.4, 0.5) is 28.4 Å². The van der Waals surface area contributed by atoms with E-state index in [0.717, 1.165) is 43.8 Å². The van der Waals surface area contributed by atoms with Crippen LogP contribution < -0.4 is 28.7 Å². The molecule has 8 aromatic rings. The van der Waals surface area contributed by atoms with Gasteiger partial charge in [0.2, 0.25) is 0 Å². The van der Waals surface area contributed by atoms with Crippen molar-refractivity contribution in [3.8, 4) is 33.4 Å². The van der Waals surface area contributed by atoms with Gasteiger partial charge in [0.05, 0.1) is 28.4 Å². The lowest BCUT2D eigenvalue weighted by Gasteiger charge is -2.21. The summed E-state index contributed by atoms with van der Waals surface area (Å²) in [5.41, 5.74) is 40.0. The maximum Gasteiger partial charge on any atom is 0.0781 e. The molecule has 0 aromatic heterocycles. The molecule has 5 nitrogen and oxygen atoms in total. The van der Waals surface area contributed by atoms with Gasteiger partial charge in [0.1, 0.15) is 0 Å². The van der Waals surface area contributed by atoms with Crippen LogP contribution in [0, 0.1) is 0 Å². The second-order valence-corrected chi connectivity index (χ2v) is 11.7. The van der Waals surface area contributed by atoms with Crippen molar-refractivity contribution in [3.63, 3.8) is 0 Å². The van der Waals surface area contributed by atoms with E-state index in [0.29, 0.717) is 28.4 Å². The van der Waals surface area contributed by atoms with Gasteiger partial charge in [-0.3, -0.25) is 0 Å². The average molecular weight is 582 g/mol. The van der Waals surface area contributed by atoms with E-state index in [4.69, 9.17) is 28.7 Å². The van der Waals surface area contributed by atoms with Gasteiger partial charge < -0.3 is 28.7 Å². The third-order valence-electron chi connectivity index (χ3n) is 9.01. The number of fused-ring (bicyclic) bond motifs is 5. The molecule has 0 atom stereocenters. The first-order valence-corrected chi connectivity index (χ1v) is 14.9. The fourth-order valence-electron chi connectivity index (χ4n) is 6.82. The first-order valence-electron chi connectivity index (χ1n) is 14.9. The van der Waals surface area contributed by atoms with E-state index < -0.39 is 0 Å². The standard InChI is InChI=1S/C40H31N5/c41-34-16-14-23(19-35(34)42)22-13-15-31-33(17-22)38(25-20-36(43)40(45)37(44)21-25)29-11-5-6-12-30(29)39(31)32-18-24-7-1-2-8-26(24)27-9-3-4-10-28(27)32/h1-21H,41-45H2. The van der Waals surface area contributed by atoms with Crippen LogP contribution in [0.3, 0.4) is 0 Å². The molecule has 0 radical (unpaired) electrons. The van der Waals surface area contributed by atoms with E-state index in [2.05, 4.69) is 97.1 Å². The molecule has 0 aliphatic carbocycles. The number of hydrogen-bond acceptors (Lipinski definition) is 5. The second kappa shape index (κ2) is 9.93. The van der Waals surface area contributed by atoms with Gasteiger partial charge >= 0.3 is 0 Å². The Morgan fingerprint density at radius 1 is 0.311 bits per heavy atom. The Bertz CT molecular complexity index is 2470. The largest absolute Gasteiger partial charge is 0.397 e. The molecule has 0 bridgehead atoms. The zero-order chi connectivity index (χ0) is 30.8. The summed E-state index contributed by atoms with van der Waals surface area (Å²) in [6, 6.07) is 44.4. The smallest absolute Gasteiger partial charge is 0.0781 e. The van der Waals surface area contributed by atoms with Crippen molar-refractivity contribution in [2.75, 3.05) is 28.7 Å². The van der Waals surface area contributed by atoms with Gasteiger partial charge in [0.15, 0.2) is 0 Å². The van der Waals surface area contributed by atoms with E-state index in [-0.39, 0.29) is 0 Å². The Labute approximate surface area is 260 Å². The summed E-state index contributed by atoms with van der Waals surface area (Å²) >= 11 is 0. The van der Waals surface area contributed by atoms with Crippen LogP contribution >= 0.6 is 0 Å². The molecule has 5 heteroatoms. The van der Waals surface area contributed by atoms with Crippen LogP contribution in [0.25, 0.3) is 76.5 Å². The minimum Gasteiger partial charge on any atom is -0.397 e. The Kier molecular flexibility index (Phi) is 5.83.